The molecule has 4 aromatic rings. The van der Waals surface area contributed by atoms with E-state index >= 15 is 0 Å². The average molecular weight is 329 g/mol. The first-order chi connectivity index (χ1) is 12.3. The first kappa shape index (κ1) is 14.5. The van der Waals surface area contributed by atoms with Crippen molar-refractivity contribution in [2.24, 2.45) is 7.05 Å². The summed E-state index contributed by atoms with van der Waals surface area (Å²) in [5.41, 5.74) is 4.77. The smallest absolute Gasteiger partial charge is 0.142 e. The zero-order valence-corrected chi connectivity index (χ0v) is 14.1. The molecule has 1 aliphatic rings. The molecule has 3 heterocycles. The Morgan fingerprint density at radius 1 is 1.00 bits per heavy atom. The van der Waals surface area contributed by atoms with Crippen molar-refractivity contribution in [1.29, 1.82) is 0 Å². The molecular weight excluding hydrogens is 310 g/mol. The number of rotatable bonds is 2. The minimum atomic E-state index is 0.589. The molecule has 5 rings (SSSR count). The fraction of sp³-hybridized carbons (Fsp3) is 0.190. The van der Waals surface area contributed by atoms with Crippen molar-refractivity contribution in [3.63, 3.8) is 0 Å². The van der Waals surface area contributed by atoms with Gasteiger partial charge in [-0.25, -0.2) is 0 Å². The topological polar surface area (TPSA) is 30.3 Å². The van der Waals surface area contributed by atoms with Gasteiger partial charge in [0, 0.05) is 48.2 Å². The van der Waals surface area contributed by atoms with Crippen LogP contribution in [0, 0.1) is 0 Å². The molecule has 124 valence electrons. The van der Waals surface area contributed by atoms with E-state index in [-0.39, 0.29) is 0 Å². The summed E-state index contributed by atoms with van der Waals surface area (Å²) in [5, 5.41) is 2.49. The Kier molecular flexibility index (Phi) is 3.25. The van der Waals surface area contributed by atoms with Gasteiger partial charge in [-0.1, -0.05) is 30.3 Å². The molecule has 0 aliphatic carbocycles. The van der Waals surface area contributed by atoms with Crippen LogP contribution < -0.4 is 4.74 Å². The Morgan fingerprint density at radius 2 is 1.88 bits per heavy atom. The predicted octanol–water partition coefficient (Wildman–Crippen LogP) is 4.08. The zero-order chi connectivity index (χ0) is 16.8. The Morgan fingerprint density at radius 3 is 2.76 bits per heavy atom. The maximum Gasteiger partial charge on any atom is 0.142 e. The second kappa shape index (κ2) is 5.60. The van der Waals surface area contributed by atoms with Crippen molar-refractivity contribution in [1.82, 2.24) is 14.5 Å². The molecule has 0 fully saturated rings. The van der Waals surface area contributed by atoms with Crippen molar-refractivity contribution in [3.8, 4) is 5.75 Å². The summed E-state index contributed by atoms with van der Waals surface area (Å²) in [6.07, 6.45) is 1.84. The zero-order valence-electron chi connectivity index (χ0n) is 14.1. The molecule has 4 nitrogen and oxygen atoms in total. The number of pyridine rings is 1. The SMILES string of the molecule is Cn1c2ccccc2c2c3c(ccc21)CN(Cc1ccccn1)CO3. The monoisotopic (exact) mass is 329 g/mol. The summed E-state index contributed by atoms with van der Waals surface area (Å²) in [5.74, 6) is 1.03. The van der Waals surface area contributed by atoms with E-state index in [0.29, 0.717) is 6.73 Å². The highest BCUT2D eigenvalue weighted by atomic mass is 16.5. The molecular formula is C21H19N3O. The molecule has 0 unspecified atom stereocenters. The van der Waals surface area contributed by atoms with Gasteiger partial charge in [0.05, 0.1) is 11.2 Å². The fourth-order valence-corrected chi connectivity index (χ4v) is 3.82. The predicted molar refractivity (Wildman–Crippen MR) is 99.4 cm³/mol. The third kappa shape index (κ3) is 2.29. The van der Waals surface area contributed by atoms with Crippen molar-refractivity contribution in [2.45, 2.75) is 13.1 Å². The van der Waals surface area contributed by atoms with Gasteiger partial charge in [-0.15, -0.1) is 0 Å². The Bertz CT molecular complexity index is 1070. The van der Waals surface area contributed by atoms with Crippen molar-refractivity contribution >= 4 is 21.8 Å². The maximum atomic E-state index is 6.23. The van der Waals surface area contributed by atoms with Gasteiger partial charge in [-0.3, -0.25) is 9.88 Å². The highest BCUT2D eigenvalue weighted by Crippen LogP contribution is 2.39. The number of hydrogen-bond donors (Lipinski definition) is 0. The van der Waals surface area contributed by atoms with Crippen LogP contribution in [-0.4, -0.2) is 21.2 Å². The molecule has 0 radical (unpaired) electrons. The fourth-order valence-electron chi connectivity index (χ4n) is 3.82. The van der Waals surface area contributed by atoms with Crippen LogP contribution in [-0.2, 0) is 20.1 Å². The number of para-hydroxylation sites is 1. The van der Waals surface area contributed by atoms with E-state index in [0.717, 1.165) is 24.5 Å². The Hall–Kier alpha value is -2.85. The molecule has 0 saturated carbocycles. The van der Waals surface area contributed by atoms with Crippen molar-refractivity contribution in [2.75, 3.05) is 6.73 Å². The molecule has 0 saturated heterocycles. The van der Waals surface area contributed by atoms with Crippen molar-refractivity contribution < 1.29 is 4.74 Å². The van der Waals surface area contributed by atoms with Crippen LogP contribution in [0.25, 0.3) is 21.8 Å². The number of aryl methyl sites for hydroxylation is 1. The third-order valence-corrected chi connectivity index (χ3v) is 5.01. The van der Waals surface area contributed by atoms with Crippen LogP contribution in [0.5, 0.6) is 5.75 Å². The van der Waals surface area contributed by atoms with Crippen LogP contribution in [0.15, 0.2) is 60.8 Å². The van der Waals surface area contributed by atoms with E-state index in [4.69, 9.17) is 4.74 Å². The maximum absolute atomic E-state index is 6.23. The number of hydrogen-bond acceptors (Lipinski definition) is 3. The average Bonchev–Trinajstić information content (AvgIpc) is 2.96. The van der Waals surface area contributed by atoms with Gasteiger partial charge < -0.3 is 9.30 Å². The molecule has 4 heteroatoms. The van der Waals surface area contributed by atoms with E-state index in [1.54, 1.807) is 0 Å². The molecule has 1 aliphatic heterocycles. The van der Waals surface area contributed by atoms with Gasteiger partial charge >= 0.3 is 0 Å². The quantitative estimate of drug-likeness (QED) is 0.555. The van der Waals surface area contributed by atoms with E-state index in [1.807, 2.05) is 18.3 Å². The minimum Gasteiger partial charge on any atom is -0.477 e. The number of ether oxygens (including phenoxy) is 1. The van der Waals surface area contributed by atoms with Crippen LogP contribution in [0.4, 0.5) is 0 Å². The van der Waals surface area contributed by atoms with Gasteiger partial charge in [0.25, 0.3) is 0 Å². The van der Waals surface area contributed by atoms with Crippen LogP contribution >= 0.6 is 0 Å². The number of nitrogens with zero attached hydrogens (tertiary/aromatic N) is 3. The lowest BCUT2D eigenvalue weighted by Gasteiger charge is -2.29. The molecule has 25 heavy (non-hydrogen) atoms. The minimum absolute atomic E-state index is 0.589. The Labute approximate surface area is 146 Å². The van der Waals surface area contributed by atoms with E-state index < -0.39 is 0 Å². The number of benzene rings is 2. The standard InChI is InChI=1S/C21H19N3O/c1-23-18-8-3-2-7-17(18)20-19(23)10-9-15-12-24(14-25-21(15)20)13-16-6-4-5-11-22-16/h2-11H,12-14H2,1H3. The van der Waals surface area contributed by atoms with Gasteiger partial charge in [0.15, 0.2) is 0 Å². The number of fused-ring (bicyclic) bond motifs is 5. The number of aromatic nitrogens is 2. The third-order valence-electron chi connectivity index (χ3n) is 5.01. The summed E-state index contributed by atoms with van der Waals surface area (Å²) in [4.78, 5) is 6.70. The Balaban J connectivity index is 1.57. The van der Waals surface area contributed by atoms with E-state index in [2.05, 4.69) is 64.0 Å². The summed E-state index contributed by atoms with van der Waals surface area (Å²) in [7, 11) is 2.12. The molecule has 0 N–H and O–H groups in total. The highest BCUT2D eigenvalue weighted by Gasteiger charge is 2.22. The first-order valence-electron chi connectivity index (χ1n) is 8.55. The molecule has 0 amide bonds. The molecule has 0 spiro atoms. The highest BCUT2D eigenvalue weighted by molar-refractivity contribution is 6.11. The summed E-state index contributed by atoms with van der Waals surface area (Å²) < 4.78 is 8.47. The van der Waals surface area contributed by atoms with E-state index in [1.165, 1.54) is 27.4 Å². The van der Waals surface area contributed by atoms with Crippen LogP contribution in [0.3, 0.4) is 0 Å². The van der Waals surface area contributed by atoms with Crippen LogP contribution in [0.2, 0.25) is 0 Å². The second-order valence-corrected chi connectivity index (χ2v) is 6.61. The molecule has 0 atom stereocenters. The lowest BCUT2D eigenvalue weighted by atomic mass is 10.1. The lowest BCUT2D eigenvalue weighted by Crippen LogP contribution is -2.31. The molecule has 2 aromatic carbocycles. The second-order valence-electron chi connectivity index (χ2n) is 6.61. The van der Waals surface area contributed by atoms with Gasteiger partial charge in [-0.05, 0) is 24.3 Å². The van der Waals surface area contributed by atoms with Gasteiger partial charge in [0.1, 0.15) is 12.5 Å². The van der Waals surface area contributed by atoms with Crippen LogP contribution in [0.1, 0.15) is 11.3 Å². The van der Waals surface area contributed by atoms with Crippen molar-refractivity contribution in [3.05, 3.63) is 72.1 Å². The normalized spacial score (nSPS) is 14.6. The largest absolute Gasteiger partial charge is 0.477 e. The van der Waals surface area contributed by atoms with Gasteiger partial charge in [-0.2, -0.15) is 0 Å². The lowest BCUT2D eigenvalue weighted by molar-refractivity contribution is 0.0893. The summed E-state index contributed by atoms with van der Waals surface area (Å²) >= 11 is 0. The molecule has 2 aromatic heterocycles. The summed E-state index contributed by atoms with van der Waals surface area (Å²) in [6.45, 7) is 2.27. The first-order valence-corrected chi connectivity index (χ1v) is 8.55. The van der Waals surface area contributed by atoms with E-state index in [9.17, 15) is 0 Å². The molecule has 0 bridgehead atoms. The summed E-state index contributed by atoms with van der Waals surface area (Å²) in [6, 6.07) is 19.0. The van der Waals surface area contributed by atoms with Gasteiger partial charge in [0.2, 0.25) is 0 Å².